The van der Waals surface area contributed by atoms with Crippen molar-refractivity contribution in [3.8, 4) is 0 Å². The zero-order valence-corrected chi connectivity index (χ0v) is 5.83. The Labute approximate surface area is 59.4 Å². The SMILES string of the molecule is CC(C)OC(=O)[B]C(=O)O. The van der Waals surface area contributed by atoms with Gasteiger partial charge in [-0.3, -0.25) is 9.59 Å². The molecule has 0 aliphatic rings. The first kappa shape index (κ1) is 9.00. The van der Waals surface area contributed by atoms with Crippen molar-refractivity contribution in [1.29, 1.82) is 0 Å². The number of carboxylic acid groups (broad SMARTS) is 1. The van der Waals surface area contributed by atoms with Crippen LogP contribution in [0.25, 0.3) is 0 Å². The number of hydrogen-bond donors (Lipinski definition) is 1. The molecule has 0 saturated carbocycles. The average molecular weight is 143 g/mol. The van der Waals surface area contributed by atoms with E-state index in [-0.39, 0.29) is 6.10 Å². The van der Waals surface area contributed by atoms with Crippen LogP contribution in [-0.2, 0) is 4.74 Å². The molecule has 0 heterocycles. The molecule has 0 bridgehead atoms. The molecule has 1 radical (unpaired) electrons. The highest BCUT2D eigenvalue weighted by molar-refractivity contribution is 6.94. The Morgan fingerprint density at radius 1 is 1.50 bits per heavy atom. The Bertz CT molecular complexity index is 143. The Kier molecular flexibility index (Phi) is 3.53. The van der Waals surface area contributed by atoms with E-state index in [2.05, 4.69) is 4.74 Å². The van der Waals surface area contributed by atoms with Crippen molar-refractivity contribution in [2.24, 2.45) is 0 Å². The summed E-state index contributed by atoms with van der Waals surface area (Å²) in [7, 11) is 0.486. The fourth-order valence-corrected chi connectivity index (χ4v) is 0.367. The predicted octanol–water partition coefficient (Wildman–Crippen LogP) is 0.914. The molecule has 4 nitrogen and oxygen atoms in total. The number of carbonyl (C=O) groups excluding carboxylic acids is 1. The van der Waals surface area contributed by atoms with Crippen LogP contribution in [0.15, 0.2) is 0 Å². The summed E-state index contributed by atoms with van der Waals surface area (Å²) in [5.74, 6) is -2.10. The fourth-order valence-electron chi connectivity index (χ4n) is 0.367. The average Bonchev–Trinajstić information content (AvgIpc) is 1.58. The first-order valence-corrected chi connectivity index (χ1v) is 2.80. The van der Waals surface area contributed by atoms with Gasteiger partial charge in [0.15, 0.2) is 0 Å². The Morgan fingerprint density at radius 3 is 2.30 bits per heavy atom. The lowest BCUT2D eigenvalue weighted by molar-refractivity contribution is 0.140. The third kappa shape index (κ3) is 5.15. The van der Waals surface area contributed by atoms with Gasteiger partial charge in [-0.2, -0.15) is 0 Å². The molecule has 0 rings (SSSR count). The zero-order chi connectivity index (χ0) is 8.15. The van der Waals surface area contributed by atoms with E-state index in [1.807, 2.05) is 0 Å². The van der Waals surface area contributed by atoms with Crippen molar-refractivity contribution >= 4 is 19.0 Å². The first-order chi connectivity index (χ1) is 4.52. The minimum absolute atomic E-state index is 0.275. The molecule has 0 fully saturated rings. The second-order valence-electron chi connectivity index (χ2n) is 1.97. The maximum atomic E-state index is 10.4. The molecular weight excluding hydrogens is 135 g/mol. The zero-order valence-electron chi connectivity index (χ0n) is 5.83. The van der Waals surface area contributed by atoms with Crippen molar-refractivity contribution in [1.82, 2.24) is 0 Å². The summed E-state index contributed by atoms with van der Waals surface area (Å²) in [5, 5.41) is 8.04. The summed E-state index contributed by atoms with van der Waals surface area (Å²) in [5.41, 5.74) is 0. The molecule has 0 spiro atoms. The molecule has 0 aromatic carbocycles. The number of carbonyl (C=O) groups is 2. The van der Waals surface area contributed by atoms with Crippen LogP contribution in [0.5, 0.6) is 0 Å². The van der Waals surface area contributed by atoms with E-state index in [1.54, 1.807) is 13.8 Å². The molecule has 0 aromatic heterocycles. The molecule has 0 saturated heterocycles. The van der Waals surface area contributed by atoms with Gasteiger partial charge in [0.1, 0.15) is 0 Å². The van der Waals surface area contributed by atoms with E-state index in [0.717, 1.165) is 0 Å². The molecule has 0 unspecified atom stereocenters. The Balaban J connectivity index is 3.54. The van der Waals surface area contributed by atoms with Gasteiger partial charge in [0.25, 0.3) is 11.7 Å². The molecular formula is C5H8BO4. The molecule has 0 aliphatic heterocycles. The fraction of sp³-hybridized carbons (Fsp3) is 0.600. The molecule has 55 valence electrons. The highest BCUT2D eigenvalue weighted by atomic mass is 16.5. The molecule has 0 aliphatic carbocycles. The van der Waals surface area contributed by atoms with E-state index < -0.39 is 11.7 Å². The highest BCUT2D eigenvalue weighted by Gasteiger charge is 2.13. The number of hydrogen-bond acceptors (Lipinski definition) is 3. The summed E-state index contributed by atoms with van der Waals surface area (Å²) in [4.78, 5) is 20.2. The Morgan fingerprint density at radius 2 is 2.00 bits per heavy atom. The van der Waals surface area contributed by atoms with Crippen LogP contribution in [0.2, 0.25) is 0 Å². The lowest BCUT2D eigenvalue weighted by Gasteiger charge is -2.04. The van der Waals surface area contributed by atoms with Crippen molar-refractivity contribution in [2.45, 2.75) is 20.0 Å². The second-order valence-corrected chi connectivity index (χ2v) is 1.97. The maximum absolute atomic E-state index is 10.4. The van der Waals surface area contributed by atoms with Crippen molar-refractivity contribution in [2.75, 3.05) is 0 Å². The van der Waals surface area contributed by atoms with Crippen LogP contribution in [0, 0.1) is 0 Å². The molecule has 5 heteroatoms. The van der Waals surface area contributed by atoms with Gasteiger partial charge >= 0.3 is 7.28 Å². The molecule has 10 heavy (non-hydrogen) atoms. The molecule has 0 aromatic rings. The summed E-state index contributed by atoms with van der Waals surface area (Å²) in [6.45, 7) is 3.29. The maximum Gasteiger partial charge on any atom is 0.405 e. The van der Waals surface area contributed by atoms with Gasteiger partial charge in [0.05, 0.1) is 6.10 Å². The van der Waals surface area contributed by atoms with Crippen LogP contribution in [0.1, 0.15) is 13.8 Å². The number of ether oxygens (including phenoxy) is 1. The van der Waals surface area contributed by atoms with Gasteiger partial charge < -0.3 is 9.84 Å². The highest BCUT2D eigenvalue weighted by Crippen LogP contribution is 1.89. The first-order valence-electron chi connectivity index (χ1n) is 2.80. The van der Waals surface area contributed by atoms with Crippen molar-refractivity contribution in [3.63, 3.8) is 0 Å². The van der Waals surface area contributed by atoms with E-state index >= 15 is 0 Å². The van der Waals surface area contributed by atoms with E-state index in [0.29, 0.717) is 7.28 Å². The third-order valence-electron chi connectivity index (χ3n) is 0.593. The third-order valence-corrected chi connectivity index (χ3v) is 0.593. The lowest BCUT2D eigenvalue weighted by Crippen LogP contribution is -2.21. The second kappa shape index (κ2) is 3.92. The van der Waals surface area contributed by atoms with Crippen LogP contribution < -0.4 is 0 Å². The van der Waals surface area contributed by atoms with Crippen molar-refractivity contribution in [3.05, 3.63) is 0 Å². The largest absolute Gasteiger partial charge is 0.489 e. The monoisotopic (exact) mass is 143 g/mol. The van der Waals surface area contributed by atoms with E-state index in [1.165, 1.54) is 0 Å². The van der Waals surface area contributed by atoms with Crippen LogP contribution in [0.4, 0.5) is 9.59 Å². The normalized spacial score (nSPS) is 9.10. The van der Waals surface area contributed by atoms with Crippen LogP contribution in [0.3, 0.4) is 0 Å². The molecule has 0 amide bonds. The van der Waals surface area contributed by atoms with Gasteiger partial charge in [-0.25, -0.2) is 0 Å². The van der Waals surface area contributed by atoms with E-state index in [9.17, 15) is 9.59 Å². The quantitative estimate of drug-likeness (QED) is 0.596. The van der Waals surface area contributed by atoms with Gasteiger partial charge in [-0.1, -0.05) is 0 Å². The standard InChI is InChI=1S/C5H8BO4/c1-3(2)10-5(9)6-4(7)8/h3H,1-2H3,(H,7,8). The van der Waals surface area contributed by atoms with Gasteiger partial charge in [0.2, 0.25) is 0 Å². The van der Waals surface area contributed by atoms with Crippen LogP contribution in [-0.4, -0.2) is 30.2 Å². The molecule has 1 N–H and O–H groups in total. The summed E-state index contributed by atoms with van der Waals surface area (Å²) < 4.78 is 4.49. The van der Waals surface area contributed by atoms with Gasteiger partial charge in [0, 0.05) is 0 Å². The minimum atomic E-state index is -1.29. The summed E-state index contributed by atoms with van der Waals surface area (Å²) in [6, 6.07) is 0. The minimum Gasteiger partial charge on any atom is -0.489 e. The number of rotatable bonds is 3. The lowest BCUT2D eigenvalue weighted by atomic mass is 9.79. The topological polar surface area (TPSA) is 63.6 Å². The smallest absolute Gasteiger partial charge is 0.405 e. The summed E-state index contributed by atoms with van der Waals surface area (Å²) in [6.07, 6.45) is -0.275. The van der Waals surface area contributed by atoms with Crippen molar-refractivity contribution < 1.29 is 19.4 Å². The van der Waals surface area contributed by atoms with Crippen LogP contribution >= 0.6 is 0 Å². The molecule has 0 atom stereocenters. The van der Waals surface area contributed by atoms with E-state index in [4.69, 9.17) is 5.11 Å². The Hall–Kier alpha value is -0.995. The predicted molar refractivity (Wildman–Crippen MR) is 35.4 cm³/mol. The van der Waals surface area contributed by atoms with Gasteiger partial charge in [-0.15, -0.1) is 0 Å². The summed E-state index contributed by atoms with van der Waals surface area (Å²) >= 11 is 0. The van der Waals surface area contributed by atoms with Gasteiger partial charge in [-0.05, 0) is 13.8 Å².